The fourth-order valence-electron chi connectivity index (χ4n) is 5.17. The number of carbonyl (C=O) groups is 2. The monoisotopic (exact) mass is 505 g/mol. The summed E-state index contributed by atoms with van der Waals surface area (Å²) in [4.78, 5) is 34.1. The van der Waals surface area contributed by atoms with Crippen molar-refractivity contribution in [1.29, 1.82) is 5.26 Å². The highest BCUT2D eigenvalue weighted by Crippen LogP contribution is 2.57. The van der Waals surface area contributed by atoms with E-state index in [1.807, 2.05) is 12.1 Å². The summed E-state index contributed by atoms with van der Waals surface area (Å²) >= 11 is 0. The van der Waals surface area contributed by atoms with E-state index in [1.165, 1.54) is 17.0 Å². The van der Waals surface area contributed by atoms with Crippen molar-refractivity contribution in [2.45, 2.75) is 25.1 Å². The molecule has 1 atom stereocenters. The van der Waals surface area contributed by atoms with Gasteiger partial charge in [0.25, 0.3) is 0 Å². The van der Waals surface area contributed by atoms with Crippen LogP contribution in [0.5, 0.6) is 0 Å². The van der Waals surface area contributed by atoms with E-state index >= 15 is 0 Å². The van der Waals surface area contributed by atoms with E-state index in [9.17, 15) is 28.0 Å². The first-order valence-corrected chi connectivity index (χ1v) is 11.7. The molecular weight excluding hydrogens is 483 g/mol. The van der Waals surface area contributed by atoms with Crippen LogP contribution in [0.4, 0.5) is 29.3 Å². The number of benzene rings is 2. The Morgan fingerprint density at radius 3 is 2.49 bits per heavy atom. The highest BCUT2D eigenvalue weighted by molar-refractivity contribution is 6.06. The van der Waals surface area contributed by atoms with Gasteiger partial charge in [-0.3, -0.25) is 9.78 Å². The molecule has 3 heterocycles. The molecule has 0 radical (unpaired) electrons. The lowest BCUT2D eigenvalue weighted by molar-refractivity contribution is -0.144. The van der Waals surface area contributed by atoms with E-state index in [1.54, 1.807) is 41.4 Å². The van der Waals surface area contributed by atoms with Crippen LogP contribution in [0.3, 0.4) is 0 Å². The zero-order valence-corrected chi connectivity index (χ0v) is 19.6. The van der Waals surface area contributed by atoms with Crippen LogP contribution in [0.25, 0.3) is 0 Å². The summed E-state index contributed by atoms with van der Waals surface area (Å²) in [6, 6.07) is 18.0. The molecular formula is C27H22F3N5O2. The zero-order chi connectivity index (χ0) is 26.2. The molecule has 1 N–H and O–H groups in total. The molecule has 0 aliphatic carbocycles. The predicted molar refractivity (Wildman–Crippen MR) is 129 cm³/mol. The van der Waals surface area contributed by atoms with E-state index in [-0.39, 0.29) is 30.7 Å². The second-order valence-corrected chi connectivity index (χ2v) is 9.15. The Kier molecular flexibility index (Phi) is 6.07. The Morgan fingerprint density at radius 1 is 1.05 bits per heavy atom. The number of halogens is 3. The van der Waals surface area contributed by atoms with Crippen molar-refractivity contribution in [3.63, 3.8) is 0 Å². The maximum atomic E-state index is 13.6. The van der Waals surface area contributed by atoms with Crippen molar-refractivity contribution in [3.8, 4) is 6.07 Å². The number of nitriles is 1. The maximum Gasteiger partial charge on any atom is 0.416 e. The van der Waals surface area contributed by atoms with E-state index < -0.39 is 23.2 Å². The fraction of sp³-hybridized carbons (Fsp3) is 0.259. The molecule has 0 saturated carbocycles. The molecule has 2 fully saturated rings. The minimum atomic E-state index is -4.51. The number of amides is 3. The zero-order valence-electron chi connectivity index (χ0n) is 19.6. The van der Waals surface area contributed by atoms with E-state index in [4.69, 9.17) is 0 Å². The predicted octanol–water partition coefficient (Wildman–Crippen LogP) is 5.37. The number of hydrogen-bond donors (Lipinski definition) is 1. The molecule has 2 aliphatic rings. The van der Waals surface area contributed by atoms with Gasteiger partial charge in [-0.05, 0) is 61.4 Å². The first kappa shape index (κ1) is 24.3. The van der Waals surface area contributed by atoms with Crippen molar-refractivity contribution in [3.05, 3.63) is 89.7 Å². The quantitative estimate of drug-likeness (QED) is 0.485. The number of anilines is 2. The normalized spacial score (nSPS) is 18.8. The number of carbonyl (C=O) groups excluding carboxylic acids is 2. The largest absolute Gasteiger partial charge is 0.416 e. The molecule has 37 heavy (non-hydrogen) atoms. The molecule has 3 amide bonds. The molecule has 1 aromatic heterocycles. The van der Waals surface area contributed by atoms with E-state index in [0.717, 1.165) is 12.1 Å². The number of pyridine rings is 1. The molecule has 1 unspecified atom stereocenters. The van der Waals surface area contributed by atoms with E-state index in [0.29, 0.717) is 29.8 Å². The Labute approximate surface area is 211 Å². The third kappa shape index (κ3) is 4.37. The van der Waals surface area contributed by atoms with Crippen LogP contribution in [0.1, 0.15) is 35.7 Å². The molecule has 7 nitrogen and oxygen atoms in total. The Bertz CT molecular complexity index is 1380. The molecule has 2 saturated heterocycles. The Hall–Kier alpha value is -4.39. The van der Waals surface area contributed by atoms with Crippen LogP contribution in [0.2, 0.25) is 0 Å². The number of hydrogen-bond acceptors (Lipinski definition) is 4. The Morgan fingerprint density at radius 2 is 1.81 bits per heavy atom. The maximum absolute atomic E-state index is 13.6. The molecule has 2 aromatic carbocycles. The lowest BCUT2D eigenvalue weighted by atomic mass is 9.63. The second kappa shape index (κ2) is 9.24. The average molecular weight is 506 g/mol. The fourth-order valence-corrected chi connectivity index (χ4v) is 5.17. The van der Waals surface area contributed by atoms with Gasteiger partial charge < -0.3 is 15.1 Å². The Balaban J connectivity index is 1.35. The van der Waals surface area contributed by atoms with Crippen LogP contribution in [0.15, 0.2) is 72.9 Å². The van der Waals surface area contributed by atoms with E-state index in [2.05, 4.69) is 16.4 Å². The van der Waals surface area contributed by atoms with Gasteiger partial charge in [-0.15, -0.1) is 0 Å². The number of nitrogens with zero attached hydrogens (tertiary/aromatic N) is 4. The number of urea groups is 1. The number of rotatable bonds is 3. The number of likely N-dealkylation sites (tertiary alicyclic amines) is 1. The standard InChI is InChI=1S/C27H22F3N5O2/c28-27(29,30)19-6-4-7-20(16-19)33-25(37)34-13-10-26(11-14-34)23(22-9-1-2-12-32-22)35(24(26)36)21-8-3-5-18(15-21)17-31/h1-9,12,15-16,23H,10-11,13-14H2,(H,33,37). The van der Waals surface area contributed by atoms with Gasteiger partial charge in [0.2, 0.25) is 5.91 Å². The number of aromatic nitrogens is 1. The summed E-state index contributed by atoms with van der Waals surface area (Å²) in [6.45, 7) is 0.512. The van der Waals surface area contributed by atoms with Gasteiger partial charge >= 0.3 is 12.2 Å². The van der Waals surface area contributed by atoms with Gasteiger partial charge in [0.15, 0.2) is 0 Å². The smallest absolute Gasteiger partial charge is 0.324 e. The van der Waals surface area contributed by atoms with Gasteiger partial charge in [0.1, 0.15) is 0 Å². The van der Waals surface area contributed by atoms with Crippen LogP contribution < -0.4 is 10.2 Å². The molecule has 3 aromatic rings. The molecule has 188 valence electrons. The van der Waals surface area contributed by atoms with Crippen LogP contribution in [0, 0.1) is 16.7 Å². The topological polar surface area (TPSA) is 89.3 Å². The summed E-state index contributed by atoms with van der Waals surface area (Å²) in [5.74, 6) is -0.101. The van der Waals surface area contributed by atoms with Gasteiger partial charge in [0.05, 0.1) is 34.3 Å². The van der Waals surface area contributed by atoms with Crippen molar-refractivity contribution in [2.24, 2.45) is 5.41 Å². The van der Waals surface area contributed by atoms with Crippen molar-refractivity contribution in [2.75, 3.05) is 23.3 Å². The van der Waals surface area contributed by atoms with Gasteiger partial charge in [-0.25, -0.2) is 4.79 Å². The van der Waals surface area contributed by atoms with Crippen LogP contribution in [-0.2, 0) is 11.0 Å². The van der Waals surface area contributed by atoms with Gasteiger partial charge in [-0.2, -0.15) is 18.4 Å². The second-order valence-electron chi connectivity index (χ2n) is 9.15. The first-order valence-electron chi connectivity index (χ1n) is 11.7. The molecule has 2 aliphatic heterocycles. The lowest BCUT2D eigenvalue weighted by Gasteiger charge is -2.58. The SMILES string of the molecule is N#Cc1cccc(N2C(=O)C3(CCN(C(=O)Nc4cccc(C(F)(F)F)c4)CC3)C2c2ccccn2)c1. The molecule has 5 rings (SSSR count). The first-order chi connectivity index (χ1) is 17.7. The number of nitrogens with one attached hydrogen (secondary N) is 1. The highest BCUT2D eigenvalue weighted by atomic mass is 19.4. The number of alkyl halides is 3. The highest BCUT2D eigenvalue weighted by Gasteiger charge is 2.62. The average Bonchev–Trinajstić information content (AvgIpc) is 2.91. The summed E-state index contributed by atoms with van der Waals surface area (Å²) in [5.41, 5.74) is 0.189. The number of β-lactam (4-membered cyclic amide) rings is 1. The third-order valence-corrected chi connectivity index (χ3v) is 7.03. The third-order valence-electron chi connectivity index (χ3n) is 7.03. The van der Waals surface area contributed by atoms with Crippen molar-refractivity contribution < 1.29 is 22.8 Å². The summed E-state index contributed by atoms with van der Waals surface area (Å²) < 4.78 is 39.1. The molecule has 1 spiro atoms. The van der Waals surface area contributed by atoms with Crippen molar-refractivity contribution >= 4 is 23.3 Å². The minimum Gasteiger partial charge on any atom is -0.324 e. The van der Waals surface area contributed by atoms with Gasteiger partial charge in [0, 0.05) is 30.7 Å². The van der Waals surface area contributed by atoms with Crippen LogP contribution in [-0.4, -0.2) is 34.9 Å². The van der Waals surface area contributed by atoms with Crippen LogP contribution >= 0.6 is 0 Å². The van der Waals surface area contributed by atoms with Gasteiger partial charge in [-0.1, -0.05) is 18.2 Å². The molecule has 10 heteroatoms. The molecule has 0 bridgehead atoms. The minimum absolute atomic E-state index is 0.0507. The lowest BCUT2D eigenvalue weighted by Crippen LogP contribution is -2.67. The summed E-state index contributed by atoms with van der Waals surface area (Å²) in [6.07, 6.45) is -2.11. The summed E-state index contributed by atoms with van der Waals surface area (Å²) in [5, 5.41) is 11.8. The van der Waals surface area contributed by atoms with Crippen molar-refractivity contribution in [1.82, 2.24) is 9.88 Å². The summed E-state index contributed by atoms with van der Waals surface area (Å²) in [7, 11) is 0. The number of piperidine rings is 1.